The van der Waals surface area contributed by atoms with Crippen LogP contribution in [-0.4, -0.2) is 12.6 Å². The van der Waals surface area contributed by atoms with Crippen molar-refractivity contribution >= 4 is 0 Å². The van der Waals surface area contributed by atoms with Crippen molar-refractivity contribution in [3.05, 3.63) is 35.1 Å². The third-order valence-corrected chi connectivity index (χ3v) is 4.08. The summed E-state index contributed by atoms with van der Waals surface area (Å²) in [5.41, 5.74) is 2.54. The number of aryl methyl sites for hydroxylation is 1. The van der Waals surface area contributed by atoms with Crippen LogP contribution in [0.5, 0.6) is 0 Å². The monoisotopic (exact) mass is 235 g/mol. The maximum atomic E-state index is 13.4. The molecule has 2 atom stereocenters. The van der Waals surface area contributed by atoms with E-state index in [9.17, 15) is 4.39 Å². The Morgan fingerprint density at radius 2 is 2.24 bits per heavy atom. The van der Waals surface area contributed by atoms with Crippen molar-refractivity contribution < 1.29 is 4.39 Å². The second kappa shape index (κ2) is 4.77. The number of rotatable bonds is 3. The molecule has 0 saturated heterocycles. The molecule has 1 aromatic rings. The molecule has 2 rings (SSSR count). The zero-order chi connectivity index (χ0) is 12.5. The van der Waals surface area contributed by atoms with E-state index < -0.39 is 0 Å². The van der Waals surface area contributed by atoms with Gasteiger partial charge in [-0.05, 0) is 61.4 Å². The summed E-state index contributed by atoms with van der Waals surface area (Å²) in [6.07, 6.45) is 3.46. The third-order valence-electron chi connectivity index (χ3n) is 4.08. The van der Waals surface area contributed by atoms with Crippen LogP contribution in [0.3, 0.4) is 0 Å². The topological polar surface area (TPSA) is 12.0 Å². The van der Waals surface area contributed by atoms with E-state index in [2.05, 4.69) is 26.1 Å². The maximum Gasteiger partial charge on any atom is 0.123 e. The van der Waals surface area contributed by atoms with E-state index in [0.717, 1.165) is 19.4 Å². The Morgan fingerprint density at radius 3 is 2.94 bits per heavy atom. The van der Waals surface area contributed by atoms with Crippen molar-refractivity contribution in [2.45, 2.75) is 51.5 Å². The molecule has 1 aliphatic carbocycles. The first-order valence-electron chi connectivity index (χ1n) is 6.55. The van der Waals surface area contributed by atoms with Crippen LogP contribution in [-0.2, 0) is 5.41 Å². The van der Waals surface area contributed by atoms with Crippen LogP contribution < -0.4 is 5.32 Å². The highest BCUT2D eigenvalue weighted by atomic mass is 19.1. The Kier molecular flexibility index (Phi) is 3.53. The minimum Gasteiger partial charge on any atom is -0.314 e. The molecule has 0 aromatic heterocycles. The Bertz CT molecular complexity index is 402. The molecule has 0 bridgehead atoms. The number of halogens is 1. The fourth-order valence-electron chi connectivity index (χ4n) is 3.19. The molecule has 0 spiro atoms. The van der Waals surface area contributed by atoms with Gasteiger partial charge in [-0.3, -0.25) is 0 Å². The summed E-state index contributed by atoms with van der Waals surface area (Å²) in [5.74, 6) is -0.112. The molecule has 2 heteroatoms. The number of hydrogen-bond acceptors (Lipinski definition) is 1. The summed E-state index contributed by atoms with van der Waals surface area (Å²) in [6.45, 7) is 7.51. The Hall–Kier alpha value is -0.890. The SMILES string of the molecule is CCNC1CCC(C)(c2cc(F)ccc2C)C1. The summed E-state index contributed by atoms with van der Waals surface area (Å²) >= 11 is 0. The Balaban J connectivity index is 2.24. The van der Waals surface area contributed by atoms with Gasteiger partial charge in [-0.1, -0.05) is 19.9 Å². The summed E-state index contributed by atoms with van der Waals surface area (Å²) in [4.78, 5) is 0. The van der Waals surface area contributed by atoms with Crippen molar-refractivity contribution in [3.8, 4) is 0 Å². The average Bonchev–Trinajstić information content (AvgIpc) is 2.66. The zero-order valence-corrected chi connectivity index (χ0v) is 11.0. The molecule has 2 unspecified atom stereocenters. The predicted molar refractivity (Wildman–Crippen MR) is 69.8 cm³/mol. The lowest BCUT2D eigenvalue weighted by Crippen LogP contribution is -2.29. The van der Waals surface area contributed by atoms with Crippen LogP contribution in [0.15, 0.2) is 18.2 Å². The summed E-state index contributed by atoms with van der Waals surface area (Å²) in [6, 6.07) is 5.77. The molecule has 1 aromatic carbocycles. The van der Waals surface area contributed by atoms with Gasteiger partial charge in [-0.25, -0.2) is 4.39 Å². The van der Waals surface area contributed by atoms with Crippen LogP contribution >= 0.6 is 0 Å². The fraction of sp³-hybridized carbons (Fsp3) is 0.600. The largest absolute Gasteiger partial charge is 0.314 e. The van der Waals surface area contributed by atoms with Crippen LogP contribution in [0.1, 0.15) is 44.2 Å². The second-order valence-electron chi connectivity index (χ2n) is 5.52. The maximum absolute atomic E-state index is 13.4. The van der Waals surface area contributed by atoms with Gasteiger partial charge in [0, 0.05) is 6.04 Å². The van der Waals surface area contributed by atoms with Crippen molar-refractivity contribution in [1.82, 2.24) is 5.32 Å². The smallest absolute Gasteiger partial charge is 0.123 e. The molecule has 0 amide bonds. The molecule has 0 radical (unpaired) electrons. The van der Waals surface area contributed by atoms with Gasteiger partial charge in [-0.2, -0.15) is 0 Å². The van der Waals surface area contributed by atoms with Crippen LogP contribution in [0.25, 0.3) is 0 Å². The van der Waals surface area contributed by atoms with Crippen molar-refractivity contribution in [2.75, 3.05) is 6.54 Å². The molecular weight excluding hydrogens is 213 g/mol. The quantitative estimate of drug-likeness (QED) is 0.844. The minimum atomic E-state index is -0.112. The number of nitrogens with one attached hydrogen (secondary N) is 1. The number of benzene rings is 1. The first-order valence-corrected chi connectivity index (χ1v) is 6.55. The third kappa shape index (κ3) is 2.52. The molecule has 1 fully saturated rings. The molecular formula is C15H22FN. The van der Waals surface area contributed by atoms with Gasteiger partial charge in [0.15, 0.2) is 0 Å². The Morgan fingerprint density at radius 1 is 1.47 bits per heavy atom. The highest BCUT2D eigenvalue weighted by Crippen LogP contribution is 2.42. The fourth-order valence-corrected chi connectivity index (χ4v) is 3.19. The van der Waals surface area contributed by atoms with Crippen molar-refractivity contribution in [1.29, 1.82) is 0 Å². The highest BCUT2D eigenvalue weighted by Gasteiger charge is 2.37. The first kappa shape index (κ1) is 12.6. The number of hydrogen-bond donors (Lipinski definition) is 1. The summed E-state index contributed by atoms with van der Waals surface area (Å²) in [5, 5.41) is 3.51. The Labute approximate surface area is 103 Å². The molecule has 1 saturated carbocycles. The van der Waals surface area contributed by atoms with Gasteiger partial charge in [0.1, 0.15) is 5.82 Å². The van der Waals surface area contributed by atoms with E-state index in [-0.39, 0.29) is 11.2 Å². The molecule has 1 aliphatic rings. The molecule has 1 N–H and O–H groups in total. The van der Waals surface area contributed by atoms with Gasteiger partial charge in [0.05, 0.1) is 0 Å². The van der Waals surface area contributed by atoms with E-state index in [1.807, 2.05) is 6.07 Å². The van der Waals surface area contributed by atoms with Gasteiger partial charge in [0.2, 0.25) is 0 Å². The van der Waals surface area contributed by atoms with Crippen molar-refractivity contribution in [2.24, 2.45) is 0 Å². The molecule has 1 nitrogen and oxygen atoms in total. The molecule has 94 valence electrons. The predicted octanol–water partition coefficient (Wildman–Crippen LogP) is 3.55. The standard InChI is InChI=1S/C15H22FN/c1-4-17-13-7-8-15(3,10-13)14-9-12(16)6-5-11(14)2/h5-6,9,13,17H,4,7-8,10H2,1-3H3. The van der Waals surface area contributed by atoms with Gasteiger partial charge in [-0.15, -0.1) is 0 Å². The lowest BCUT2D eigenvalue weighted by molar-refractivity contribution is 0.453. The van der Waals surface area contributed by atoms with E-state index in [4.69, 9.17) is 0 Å². The summed E-state index contributed by atoms with van der Waals surface area (Å²) < 4.78 is 13.4. The second-order valence-corrected chi connectivity index (χ2v) is 5.52. The van der Waals surface area contributed by atoms with Crippen molar-refractivity contribution in [3.63, 3.8) is 0 Å². The van der Waals surface area contributed by atoms with Crippen LogP contribution in [0, 0.1) is 12.7 Å². The van der Waals surface area contributed by atoms with E-state index in [0.29, 0.717) is 6.04 Å². The molecule has 0 aliphatic heterocycles. The normalized spacial score (nSPS) is 28.6. The van der Waals surface area contributed by atoms with Crippen LogP contribution in [0.4, 0.5) is 4.39 Å². The lowest BCUT2D eigenvalue weighted by atomic mass is 9.78. The minimum absolute atomic E-state index is 0.112. The van der Waals surface area contributed by atoms with Gasteiger partial charge < -0.3 is 5.32 Å². The lowest BCUT2D eigenvalue weighted by Gasteiger charge is -2.27. The molecule has 17 heavy (non-hydrogen) atoms. The first-order chi connectivity index (χ1) is 8.05. The van der Waals surface area contributed by atoms with Gasteiger partial charge >= 0.3 is 0 Å². The van der Waals surface area contributed by atoms with E-state index in [1.165, 1.54) is 17.5 Å². The highest BCUT2D eigenvalue weighted by molar-refractivity contribution is 5.34. The average molecular weight is 235 g/mol. The van der Waals surface area contributed by atoms with Crippen LogP contribution in [0.2, 0.25) is 0 Å². The molecule has 0 heterocycles. The van der Waals surface area contributed by atoms with E-state index >= 15 is 0 Å². The van der Waals surface area contributed by atoms with E-state index in [1.54, 1.807) is 12.1 Å². The summed E-state index contributed by atoms with van der Waals surface area (Å²) in [7, 11) is 0. The van der Waals surface area contributed by atoms with Gasteiger partial charge in [0.25, 0.3) is 0 Å². The zero-order valence-electron chi connectivity index (χ0n) is 11.0.